The van der Waals surface area contributed by atoms with Crippen LogP contribution in [0.3, 0.4) is 0 Å². The monoisotopic (exact) mass is 145 g/mol. The second kappa shape index (κ2) is 2.56. The minimum atomic E-state index is -0.922. The summed E-state index contributed by atoms with van der Waals surface area (Å²) in [5.41, 5.74) is -0.922. The highest BCUT2D eigenvalue weighted by molar-refractivity contribution is 5.79. The summed E-state index contributed by atoms with van der Waals surface area (Å²) in [5, 5.41) is 11.5. The van der Waals surface area contributed by atoms with Gasteiger partial charge in [0.05, 0.1) is 0 Å². The van der Waals surface area contributed by atoms with E-state index in [1.807, 2.05) is 0 Å². The first kappa shape index (κ1) is 7.50. The molecule has 0 amide bonds. The van der Waals surface area contributed by atoms with E-state index in [1.54, 1.807) is 6.92 Å². The maximum Gasteiger partial charge on any atom is 0.338 e. The lowest BCUT2D eigenvalue weighted by molar-refractivity contribution is -0.172. The summed E-state index contributed by atoms with van der Waals surface area (Å²) in [6.07, 6.45) is 0. The van der Waals surface area contributed by atoms with Gasteiger partial charge in [-0.3, -0.25) is 0 Å². The summed E-state index contributed by atoms with van der Waals surface area (Å²) in [5.74, 6) is -0.867. The largest absolute Gasteiger partial charge is 0.479 e. The van der Waals surface area contributed by atoms with Gasteiger partial charge in [0.15, 0.2) is 5.60 Å². The molecule has 0 radical (unpaired) electrons. The minimum Gasteiger partial charge on any atom is -0.479 e. The number of carboxylic acid groups (broad SMARTS) is 1. The zero-order valence-corrected chi connectivity index (χ0v) is 5.89. The van der Waals surface area contributed by atoms with E-state index in [0.29, 0.717) is 19.7 Å². The third-order valence-electron chi connectivity index (χ3n) is 1.63. The van der Waals surface area contributed by atoms with E-state index in [0.717, 1.165) is 0 Å². The van der Waals surface area contributed by atoms with Crippen LogP contribution in [0.5, 0.6) is 0 Å². The molecular weight excluding hydrogens is 134 g/mol. The fourth-order valence-electron chi connectivity index (χ4n) is 0.943. The molecule has 0 bridgehead atoms. The third-order valence-corrected chi connectivity index (χ3v) is 1.63. The molecule has 10 heavy (non-hydrogen) atoms. The number of carboxylic acids is 1. The van der Waals surface area contributed by atoms with Crippen LogP contribution in [0.4, 0.5) is 0 Å². The van der Waals surface area contributed by atoms with Crippen molar-refractivity contribution in [2.75, 3.05) is 19.7 Å². The van der Waals surface area contributed by atoms with E-state index in [4.69, 9.17) is 9.84 Å². The molecule has 1 aliphatic rings. The SMILES string of the molecule is CCOC1(C(=O)O)CNC1. The zero-order valence-electron chi connectivity index (χ0n) is 5.89. The predicted octanol–water partition coefficient (Wildman–Crippen LogP) is -0.551. The Kier molecular flexibility index (Phi) is 1.92. The Labute approximate surface area is 59.2 Å². The highest BCUT2D eigenvalue weighted by Gasteiger charge is 2.45. The van der Waals surface area contributed by atoms with Gasteiger partial charge in [-0.05, 0) is 6.92 Å². The molecule has 4 nitrogen and oxygen atoms in total. The molecule has 2 N–H and O–H groups in total. The van der Waals surface area contributed by atoms with Crippen LogP contribution < -0.4 is 5.32 Å². The van der Waals surface area contributed by atoms with Crippen LogP contribution >= 0.6 is 0 Å². The minimum absolute atomic E-state index is 0.427. The summed E-state index contributed by atoms with van der Waals surface area (Å²) < 4.78 is 5.06. The highest BCUT2D eigenvalue weighted by atomic mass is 16.5. The predicted molar refractivity (Wildman–Crippen MR) is 34.9 cm³/mol. The summed E-state index contributed by atoms with van der Waals surface area (Å²) in [4.78, 5) is 10.5. The maximum absolute atomic E-state index is 10.5. The Bertz CT molecular complexity index is 142. The average Bonchev–Trinajstić information content (AvgIpc) is 1.77. The fourth-order valence-corrected chi connectivity index (χ4v) is 0.943. The van der Waals surface area contributed by atoms with Crippen molar-refractivity contribution in [2.45, 2.75) is 12.5 Å². The molecule has 1 rings (SSSR count). The quantitative estimate of drug-likeness (QED) is 0.559. The van der Waals surface area contributed by atoms with E-state index in [2.05, 4.69) is 5.32 Å². The van der Waals surface area contributed by atoms with Crippen LogP contribution in [0.1, 0.15) is 6.92 Å². The van der Waals surface area contributed by atoms with Crippen molar-refractivity contribution in [2.24, 2.45) is 0 Å². The van der Waals surface area contributed by atoms with Gasteiger partial charge in [-0.2, -0.15) is 0 Å². The van der Waals surface area contributed by atoms with Crippen molar-refractivity contribution < 1.29 is 14.6 Å². The average molecular weight is 145 g/mol. The Morgan fingerprint density at radius 1 is 1.80 bits per heavy atom. The molecule has 0 unspecified atom stereocenters. The number of rotatable bonds is 3. The van der Waals surface area contributed by atoms with E-state index < -0.39 is 11.6 Å². The summed E-state index contributed by atoms with van der Waals surface area (Å²) in [7, 11) is 0. The van der Waals surface area contributed by atoms with Gasteiger partial charge in [-0.25, -0.2) is 4.79 Å². The van der Waals surface area contributed by atoms with E-state index in [1.165, 1.54) is 0 Å². The van der Waals surface area contributed by atoms with Gasteiger partial charge in [0.1, 0.15) is 0 Å². The van der Waals surface area contributed by atoms with Gasteiger partial charge in [0.25, 0.3) is 0 Å². The van der Waals surface area contributed by atoms with Crippen molar-refractivity contribution >= 4 is 5.97 Å². The number of hydrogen-bond donors (Lipinski definition) is 2. The molecule has 1 saturated heterocycles. The lowest BCUT2D eigenvalue weighted by atomic mass is 9.97. The molecule has 1 fully saturated rings. The number of hydrogen-bond acceptors (Lipinski definition) is 3. The molecule has 0 aromatic rings. The fraction of sp³-hybridized carbons (Fsp3) is 0.833. The Morgan fingerprint density at radius 2 is 2.40 bits per heavy atom. The topological polar surface area (TPSA) is 58.6 Å². The zero-order chi connectivity index (χ0) is 7.61. The first-order chi connectivity index (χ1) is 4.71. The first-order valence-electron chi connectivity index (χ1n) is 3.29. The normalized spacial score (nSPS) is 21.7. The number of aliphatic carboxylic acids is 1. The third kappa shape index (κ3) is 0.998. The van der Waals surface area contributed by atoms with Crippen molar-refractivity contribution in [1.82, 2.24) is 5.32 Å². The molecule has 1 aliphatic heterocycles. The molecule has 0 atom stereocenters. The molecule has 0 saturated carbocycles. The van der Waals surface area contributed by atoms with Gasteiger partial charge in [-0.15, -0.1) is 0 Å². The van der Waals surface area contributed by atoms with Gasteiger partial charge in [0, 0.05) is 19.7 Å². The lowest BCUT2D eigenvalue weighted by Crippen LogP contribution is -2.65. The van der Waals surface area contributed by atoms with Crippen molar-refractivity contribution in [1.29, 1.82) is 0 Å². The molecule has 0 aromatic carbocycles. The first-order valence-corrected chi connectivity index (χ1v) is 3.29. The van der Waals surface area contributed by atoms with Crippen molar-refractivity contribution in [3.05, 3.63) is 0 Å². The molecule has 0 aliphatic carbocycles. The molecule has 1 heterocycles. The summed E-state index contributed by atoms with van der Waals surface area (Å²) >= 11 is 0. The van der Waals surface area contributed by atoms with Gasteiger partial charge in [-0.1, -0.05) is 0 Å². The standard InChI is InChI=1S/C6H11NO3/c1-2-10-6(5(8)9)3-7-4-6/h7H,2-4H2,1H3,(H,8,9). The van der Waals surface area contributed by atoms with Crippen LogP contribution in [0.15, 0.2) is 0 Å². The second-order valence-electron chi connectivity index (χ2n) is 2.34. The molecule has 0 spiro atoms. The number of carbonyl (C=O) groups is 1. The molecule has 0 aromatic heterocycles. The Hall–Kier alpha value is -0.610. The molecule has 58 valence electrons. The summed E-state index contributed by atoms with van der Waals surface area (Å²) in [6, 6.07) is 0. The number of ether oxygens (including phenoxy) is 1. The van der Waals surface area contributed by atoms with E-state index in [-0.39, 0.29) is 0 Å². The van der Waals surface area contributed by atoms with Crippen LogP contribution in [0.2, 0.25) is 0 Å². The van der Waals surface area contributed by atoms with E-state index >= 15 is 0 Å². The smallest absolute Gasteiger partial charge is 0.338 e. The van der Waals surface area contributed by atoms with Crippen LogP contribution in [-0.2, 0) is 9.53 Å². The maximum atomic E-state index is 10.5. The van der Waals surface area contributed by atoms with Crippen molar-refractivity contribution in [3.8, 4) is 0 Å². The second-order valence-corrected chi connectivity index (χ2v) is 2.34. The van der Waals surface area contributed by atoms with Gasteiger partial charge in [0.2, 0.25) is 0 Å². The van der Waals surface area contributed by atoms with Gasteiger partial charge >= 0.3 is 5.97 Å². The van der Waals surface area contributed by atoms with E-state index in [9.17, 15) is 4.79 Å². The number of nitrogens with one attached hydrogen (secondary N) is 1. The summed E-state index contributed by atoms with van der Waals surface area (Å²) in [6.45, 7) is 3.10. The van der Waals surface area contributed by atoms with Gasteiger partial charge < -0.3 is 15.2 Å². The lowest BCUT2D eigenvalue weighted by Gasteiger charge is -2.37. The van der Waals surface area contributed by atoms with Crippen LogP contribution in [-0.4, -0.2) is 36.4 Å². The van der Waals surface area contributed by atoms with Crippen LogP contribution in [0, 0.1) is 0 Å². The molecular formula is C6H11NO3. The molecule has 4 heteroatoms. The van der Waals surface area contributed by atoms with Crippen LogP contribution in [0.25, 0.3) is 0 Å². The highest BCUT2D eigenvalue weighted by Crippen LogP contribution is 2.16. The van der Waals surface area contributed by atoms with Crippen molar-refractivity contribution in [3.63, 3.8) is 0 Å². The Morgan fingerprint density at radius 3 is 2.50 bits per heavy atom. The Balaban J connectivity index is 2.50.